The first-order valence-corrected chi connectivity index (χ1v) is 6.94. The van der Waals surface area contributed by atoms with Gasteiger partial charge in [-0.05, 0) is 50.3 Å². The second-order valence-electron chi connectivity index (χ2n) is 5.58. The van der Waals surface area contributed by atoms with Crippen molar-refractivity contribution in [2.24, 2.45) is 0 Å². The van der Waals surface area contributed by atoms with Crippen LogP contribution >= 0.6 is 0 Å². The third-order valence-electron chi connectivity index (χ3n) is 3.63. The summed E-state index contributed by atoms with van der Waals surface area (Å²) in [7, 11) is 0. The van der Waals surface area contributed by atoms with Crippen molar-refractivity contribution in [1.29, 1.82) is 0 Å². The average Bonchev–Trinajstić information content (AvgIpc) is 3.21. The van der Waals surface area contributed by atoms with E-state index >= 15 is 0 Å². The maximum Gasteiger partial charge on any atom is 0.387 e. The standard InChI is InChI=1S/C15H19F2NO3/c1-15(13(19)20,18-11-4-5-11)9-8-10-2-6-12(7-3-10)21-14(16)17/h2-3,6-7,11,14,18H,4-5,8-9H2,1H3,(H,19,20). The molecule has 0 amide bonds. The molecule has 2 N–H and O–H groups in total. The highest BCUT2D eigenvalue weighted by atomic mass is 19.3. The predicted octanol–water partition coefficient (Wildman–Crippen LogP) is 2.82. The van der Waals surface area contributed by atoms with Crippen LogP contribution in [-0.4, -0.2) is 29.3 Å². The summed E-state index contributed by atoms with van der Waals surface area (Å²) in [6, 6.07) is 6.59. The van der Waals surface area contributed by atoms with Gasteiger partial charge < -0.3 is 9.84 Å². The van der Waals surface area contributed by atoms with E-state index in [2.05, 4.69) is 10.1 Å². The van der Waals surface area contributed by atoms with Gasteiger partial charge in [0, 0.05) is 6.04 Å². The lowest BCUT2D eigenvalue weighted by Crippen LogP contribution is -2.50. The molecule has 6 heteroatoms. The lowest BCUT2D eigenvalue weighted by molar-refractivity contribution is -0.144. The summed E-state index contributed by atoms with van der Waals surface area (Å²) in [6.07, 6.45) is 3.02. The van der Waals surface area contributed by atoms with E-state index in [1.807, 2.05) is 0 Å². The molecule has 1 unspecified atom stereocenters. The molecule has 0 aromatic heterocycles. The van der Waals surface area contributed by atoms with E-state index in [-0.39, 0.29) is 5.75 Å². The topological polar surface area (TPSA) is 58.6 Å². The Bertz CT molecular complexity index is 488. The summed E-state index contributed by atoms with van der Waals surface area (Å²) in [5, 5.41) is 12.5. The van der Waals surface area contributed by atoms with Crippen LogP contribution < -0.4 is 10.1 Å². The van der Waals surface area contributed by atoms with E-state index in [1.54, 1.807) is 19.1 Å². The molecule has 0 radical (unpaired) electrons. The van der Waals surface area contributed by atoms with Gasteiger partial charge in [-0.2, -0.15) is 8.78 Å². The summed E-state index contributed by atoms with van der Waals surface area (Å²) >= 11 is 0. The van der Waals surface area contributed by atoms with Gasteiger partial charge in [0.15, 0.2) is 0 Å². The number of carbonyl (C=O) groups is 1. The first-order valence-electron chi connectivity index (χ1n) is 6.94. The molecule has 1 atom stereocenters. The monoisotopic (exact) mass is 299 g/mol. The van der Waals surface area contributed by atoms with Gasteiger partial charge in [-0.1, -0.05) is 12.1 Å². The predicted molar refractivity (Wildman–Crippen MR) is 73.6 cm³/mol. The minimum atomic E-state index is -2.84. The summed E-state index contributed by atoms with van der Waals surface area (Å²) < 4.78 is 28.4. The molecule has 0 bridgehead atoms. The molecule has 0 aliphatic heterocycles. The minimum Gasteiger partial charge on any atom is -0.480 e. The number of nitrogens with one attached hydrogen (secondary N) is 1. The van der Waals surface area contributed by atoms with Gasteiger partial charge in [-0.15, -0.1) is 0 Å². The molecule has 1 aliphatic rings. The van der Waals surface area contributed by atoms with E-state index in [1.165, 1.54) is 12.1 Å². The Morgan fingerprint density at radius 1 is 1.43 bits per heavy atom. The largest absolute Gasteiger partial charge is 0.480 e. The fourth-order valence-electron chi connectivity index (χ4n) is 2.15. The third-order valence-corrected chi connectivity index (χ3v) is 3.63. The number of hydrogen-bond donors (Lipinski definition) is 2. The van der Waals surface area contributed by atoms with Crippen molar-refractivity contribution in [3.63, 3.8) is 0 Å². The van der Waals surface area contributed by atoms with Gasteiger partial charge >= 0.3 is 12.6 Å². The van der Waals surface area contributed by atoms with E-state index in [9.17, 15) is 18.7 Å². The normalized spacial score (nSPS) is 17.5. The zero-order valence-electron chi connectivity index (χ0n) is 11.8. The number of benzene rings is 1. The highest BCUT2D eigenvalue weighted by molar-refractivity contribution is 5.78. The fraction of sp³-hybridized carbons (Fsp3) is 0.533. The lowest BCUT2D eigenvalue weighted by atomic mass is 9.93. The van der Waals surface area contributed by atoms with Crippen LogP contribution in [0.2, 0.25) is 0 Å². The molecule has 0 heterocycles. The van der Waals surface area contributed by atoms with Crippen molar-refractivity contribution in [2.75, 3.05) is 0 Å². The van der Waals surface area contributed by atoms with Gasteiger partial charge in [0.05, 0.1) is 0 Å². The van der Waals surface area contributed by atoms with E-state index in [4.69, 9.17) is 0 Å². The summed E-state index contributed by atoms with van der Waals surface area (Å²) in [5.41, 5.74) is -0.0686. The van der Waals surface area contributed by atoms with Crippen molar-refractivity contribution >= 4 is 5.97 Å². The van der Waals surface area contributed by atoms with E-state index < -0.39 is 18.1 Å². The Morgan fingerprint density at radius 3 is 2.52 bits per heavy atom. The van der Waals surface area contributed by atoms with Crippen LogP contribution in [0.5, 0.6) is 5.75 Å². The summed E-state index contributed by atoms with van der Waals surface area (Å²) in [6.45, 7) is -1.16. The number of aryl methyl sites for hydroxylation is 1. The maximum absolute atomic E-state index is 12.0. The van der Waals surface area contributed by atoms with E-state index in [0.29, 0.717) is 18.9 Å². The SMILES string of the molecule is CC(CCc1ccc(OC(F)F)cc1)(NC1CC1)C(=O)O. The zero-order valence-corrected chi connectivity index (χ0v) is 11.8. The average molecular weight is 299 g/mol. The first-order chi connectivity index (χ1) is 9.89. The lowest BCUT2D eigenvalue weighted by Gasteiger charge is -2.26. The fourth-order valence-corrected chi connectivity index (χ4v) is 2.15. The van der Waals surface area contributed by atoms with Crippen LogP contribution in [0.15, 0.2) is 24.3 Å². The number of carboxylic acids is 1. The summed E-state index contributed by atoms with van der Waals surface area (Å²) in [5.74, 6) is -0.766. The third kappa shape index (κ3) is 4.67. The molecule has 4 nitrogen and oxygen atoms in total. The van der Waals surface area contributed by atoms with Crippen molar-refractivity contribution in [3.8, 4) is 5.75 Å². The first kappa shape index (κ1) is 15.7. The van der Waals surface area contributed by atoms with Gasteiger partial charge in [0.2, 0.25) is 0 Å². The van der Waals surface area contributed by atoms with Crippen LogP contribution in [0, 0.1) is 0 Å². The molecular formula is C15H19F2NO3. The molecule has 116 valence electrons. The Balaban J connectivity index is 1.92. The van der Waals surface area contributed by atoms with Gasteiger partial charge in [-0.3, -0.25) is 10.1 Å². The summed E-state index contributed by atoms with van der Waals surface area (Å²) in [4.78, 5) is 11.4. The molecule has 1 fully saturated rings. The highest BCUT2D eigenvalue weighted by Gasteiger charge is 2.37. The smallest absolute Gasteiger partial charge is 0.387 e. The number of alkyl halides is 2. The molecule has 1 aromatic rings. The molecule has 1 aromatic carbocycles. The van der Waals surface area contributed by atoms with Gasteiger partial charge in [0.1, 0.15) is 11.3 Å². The number of carboxylic acid groups (broad SMARTS) is 1. The van der Waals surface area contributed by atoms with Crippen LogP contribution in [0.4, 0.5) is 8.78 Å². The van der Waals surface area contributed by atoms with Crippen LogP contribution in [0.3, 0.4) is 0 Å². The van der Waals surface area contributed by atoms with Crippen molar-refractivity contribution in [2.45, 2.75) is 50.8 Å². The molecule has 2 rings (SSSR count). The Morgan fingerprint density at radius 2 is 2.05 bits per heavy atom. The molecule has 0 saturated heterocycles. The van der Waals surface area contributed by atoms with Crippen molar-refractivity contribution in [1.82, 2.24) is 5.32 Å². The molecular weight excluding hydrogens is 280 g/mol. The van der Waals surface area contributed by atoms with Crippen molar-refractivity contribution < 1.29 is 23.4 Å². The van der Waals surface area contributed by atoms with Gasteiger partial charge in [-0.25, -0.2) is 0 Å². The molecule has 1 saturated carbocycles. The maximum atomic E-state index is 12.0. The zero-order chi connectivity index (χ0) is 15.5. The minimum absolute atomic E-state index is 0.103. The number of hydrogen-bond acceptors (Lipinski definition) is 3. The Kier molecular flexibility index (Phi) is 4.77. The van der Waals surface area contributed by atoms with Gasteiger partial charge in [0.25, 0.3) is 0 Å². The van der Waals surface area contributed by atoms with Crippen molar-refractivity contribution in [3.05, 3.63) is 29.8 Å². The Hall–Kier alpha value is -1.69. The van der Waals surface area contributed by atoms with Crippen LogP contribution in [0.25, 0.3) is 0 Å². The quantitative estimate of drug-likeness (QED) is 0.775. The number of halogens is 2. The number of ether oxygens (including phenoxy) is 1. The van der Waals surface area contributed by atoms with Crippen LogP contribution in [0.1, 0.15) is 31.7 Å². The molecule has 21 heavy (non-hydrogen) atoms. The van der Waals surface area contributed by atoms with E-state index in [0.717, 1.165) is 18.4 Å². The second kappa shape index (κ2) is 6.39. The molecule has 1 aliphatic carbocycles. The number of aliphatic carboxylic acids is 1. The number of rotatable bonds is 8. The Labute approximate surface area is 122 Å². The second-order valence-corrected chi connectivity index (χ2v) is 5.58. The van der Waals surface area contributed by atoms with Crippen LogP contribution in [-0.2, 0) is 11.2 Å². The highest BCUT2D eigenvalue weighted by Crippen LogP contribution is 2.25. The molecule has 0 spiro atoms.